The van der Waals surface area contributed by atoms with Crippen molar-refractivity contribution in [3.05, 3.63) is 59.2 Å². The Kier molecular flexibility index (Phi) is 3.09. The van der Waals surface area contributed by atoms with E-state index >= 15 is 0 Å². The third-order valence-corrected chi connectivity index (χ3v) is 3.26. The van der Waals surface area contributed by atoms with Crippen LogP contribution in [0.4, 0.5) is 0 Å². The van der Waals surface area contributed by atoms with Gasteiger partial charge in [-0.25, -0.2) is 0 Å². The van der Waals surface area contributed by atoms with Gasteiger partial charge in [-0.1, -0.05) is 49.4 Å². The van der Waals surface area contributed by atoms with Crippen molar-refractivity contribution in [1.29, 1.82) is 0 Å². The van der Waals surface area contributed by atoms with E-state index in [2.05, 4.69) is 63.2 Å². The second-order valence-corrected chi connectivity index (χ2v) is 4.26. The Labute approximate surface area is 97.9 Å². The summed E-state index contributed by atoms with van der Waals surface area (Å²) in [6.45, 7) is 6.61. The van der Waals surface area contributed by atoms with Gasteiger partial charge in [-0.3, -0.25) is 0 Å². The highest BCUT2D eigenvalue weighted by Crippen LogP contribution is 2.28. The average Bonchev–Trinajstić information content (AvgIpc) is 2.31. The van der Waals surface area contributed by atoms with Crippen molar-refractivity contribution < 1.29 is 0 Å². The molecule has 2 aromatic carbocycles. The van der Waals surface area contributed by atoms with Crippen LogP contribution in [0.1, 0.15) is 23.6 Å². The largest absolute Gasteiger partial charge is 0.0620 e. The molecule has 0 saturated heterocycles. The van der Waals surface area contributed by atoms with Crippen molar-refractivity contribution >= 4 is 0 Å². The minimum atomic E-state index is 1.10. The molecule has 0 heterocycles. The molecule has 82 valence electrons. The minimum absolute atomic E-state index is 1.10. The smallest absolute Gasteiger partial charge is 0.0149 e. The first kappa shape index (κ1) is 10.9. The molecule has 0 bridgehead atoms. The van der Waals surface area contributed by atoms with E-state index in [1.54, 1.807) is 0 Å². The Bertz CT molecular complexity index is 495. The molecule has 0 amide bonds. The summed E-state index contributed by atoms with van der Waals surface area (Å²) in [6.07, 6.45) is 1.10. The van der Waals surface area contributed by atoms with Gasteiger partial charge >= 0.3 is 0 Å². The van der Waals surface area contributed by atoms with E-state index in [-0.39, 0.29) is 0 Å². The lowest BCUT2D eigenvalue weighted by molar-refractivity contribution is 1.11. The Hall–Kier alpha value is -1.56. The highest BCUT2D eigenvalue weighted by Gasteiger charge is 2.06. The van der Waals surface area contributed by atoms with E-state index in [0.717, 1.165) is 6.42 Å². The molecule has 2 aromatic rings. The minimum Gasteiger partial charge on any atom is -0.0620 e. The molecular weight excluding hydrogens is 192 g/mol. The molecule has 0 nitrogen and oxygen atoms in total. The molecule has 0 atom stereocenters. The van der Waals surface area contributed by atoms with Crippen LogP contribution in [0.15, 0.2) is 42.5 Å². The normalized spacial score (nSPS) is 10.4. The van der Waals surface area contributed by atoms with Crippen LogP contribution >= 0.6 is 0 Å². The SMILES string of the molecule is CCc1cccc(-c2ccccc2C)c1C. The summed E-state index contributed by atoms with van der Waals surface area (Å²) in [6, 6.07) is 15.2. The Morgan fingerprint density at radius 3 is 2.19 bits per heavy atom. The van der Waals surface area contributed by atoms with E-state index < -0.39 is 0 Å². The average molecular weight is 210 g/mol. The third kappa shape index (κ3) is 1.88. The summed E-state index contributed by atoms with van der Waals surface area (Å²) in [4.78, 5) is 0. The van der Waals surface area contributed by atoms with Crippen molar-refractivity contribution in [3.63, 3.8) is 0 Å². The van der Waals surface area contributed by atoms with Crippen molar-refractivity contribution in [2.24, 2.45) is 0 Å². The van der Waals surface area contributed by atoms with Gasteiger partial charge in [0.05, 0.1) is 0 Å². The van der Waals surface area contributed by atoms with Gasteiger partial charge in [-0.2, -0.15) is 0 Å². The Morgan fingerprint density at radius 1 is 0.812 bits per heavy atom. The highest BCUT2D eigenvalue weighted by atomic mass is 14.1. The summed E-state index contributed by atoms with van der Waals surface area (Å²) < 4.78 is 0. The zero-order chi connectivity index (χ0) is 11.5. The molecule has 0 unspecified atom stereocenters. The zero-order valence-corrected chi connectivity index (χ0v) is 10.2. The van der Waals surface area contributed by atoms with Crippen molar-refractivity contribution in [3.8, 4) is 11.1 Å². The summed E-state index contributed by atoms with van der Waals surface area (Å²) >= 11 is 0. The van der Waals surface area contributed by atoms with E-state index in [9.17, 15) is 0 Å². The second-order valence-electron chi connectivity index (χ2n) is 4.26. The van der Waals surface area contributed by atoms with Crippen LogP contribution in [-0.4, -0.2) is 0 Å². The Morgan fingerprint density at radius 2 is 1.50 bits per heavy atom. The lowest BCUT2D eigenvalue weighted by atomic mass is 9.93. The molecule has 2 rings (SSSR count). The molecule has 0 spiro atoms. The molecule has 0 aromatic heterocycles. The number of benzene rings is 2. The summed E-state index contributed by atoms with van der Waals surface area (Å²) in [5, 5.41) is 0. The highest BCUT2D eigenvalue weighted by molar-refractivity contribution is 5.71. The van der Waals surface area contributed by atoms with Crippen molar-refractivity contribution in [2.75, 3.05) is 0 Å². The summed E-state index contributed by atoms with van der Waals surface area (Å²) in [5.74, 6) is 0. The fourth-order valence-corrected chi connectivity index (χ4v) is 2.23. The molecule has 0 aliphatic carbocycles. The van der Waals surface area contributed by atoms with Crippen LogP contribution in [0.5, 0.6) is 0 Å². The lowest BCUT2D eigenvalue weighted by Gasteiger charge is -2.12. The summed E-state index contributed by atoms with van der Waals surface area (Å²) in [7, 11) is 0. The summed E-state index contributed by atoms with van der Waals surface area (Å²) in [5.41, 5.74) is 6.94. The van der Waals surface area contributed by atoms with Crippen molar-refractivity contribution in [2.45, 2.75) is 27.2 Å². The first-order valence-electron chi connectivity index (χ1n) is 5.88. The van der Waals surface area contributed by atoms with Gasteiger partial charge < -0.3 is 0 Å². The maximum atomic E-state index is 2.22. The first-order valence-corrected chi connectivity index (χ1v) is 5.88. The molecule has 0 heteroatoms. The van der Waals surface area contributed by atoms with Gasteiger partial charge in [-0.05, 0) is 48.1 Å². The quantitative estimate of drug-likeness (QED) is 0.683. The Balaban J connectivity index is 2.61. The number of aryl methyl sites for hydroxylation is 2. The van der Waals surface area contributed by atoms with E-state index in [0.29, 0.717) is 0 Å². The van der Waals surface area contributed by atoms with Crippen LogP contribution in [0.25, 0.3) is 11.1 Å². The van der Waals surface area contributed by atoms with E-state index in [1.165, 1.54) is 27.8 Å². The molecule has 0 aliphatic heterocycles. The number of rotatable bonds is 2. The van der Waals surface area contributed by atoms with Gasteiger partial charge in [0, 0.05) is 0 Å². The molecule has 0 fully saturated rings. The van der Waals surface area contributed by atoms with E-state index in [4.69, 9.17) is 0 Å². The standard InChI is InChI=1S/C16H18/c1-4-14-9-7-11-16(13(14)3)15-10-6-5-8-12(15)2/h5-11H,4H2,1-3H3. The van der Waals surface area contributed by atoms with Gasteiger partial charge in [0.25, 0.3) is 0 Å². The number of hydrogen-bond donors (Lipinski definition) is 0. The molecule has 16 heavy (non-hydrogen) atoms. The maximum absolute atomic E-state index is 2.22. The number of hydrogen-bond acceptors (Lipinski definition) is 0. The van der Waals surface area contributed by atoms with Gasteiger partial charge in [0.1, 0.15) is 0 Å². The topological polar surface area (TPSA) is 0 Å². The lowest BCUT2D eigenvalue weighted by Crippen LogP contribution is -1.91. The van der Waals surface area contributed by atoms with E-state index in [1.807, 2.05) is 0 Å². The predicted octanol–water partition coefficient (Wildman–Crippen LogP) is 4.53. The third-order valence-electron chi connectivity index (χ3n) is 3.26. The zero-order valence-electron chi connectivity index (χ0n) is 10.2. The van der Waals surface area contributed by atoms with Crippen molar-refractivity contribution in [1.82, 2.24) is 0 Å². The molecular formula is C16H18. The van der Waals surface area contributed by atoms with Crippen LogP contribution in [0, 0.1) is 13.8 Å². The fourth-order valence-electron chi connectivity index (χ4n) is 2.23. The fraction of sp³-hybridized carbons (Fsp3) is 0.250. The van der Waals surface area contributed by atoms with Gasteiger partial charge in [-0.15, -0.1) is 0 Å². The van der Waals surface area contributed by atoms with Crippen LogP contribution < -0.4 is 0 Å². The van der Waals surface area contributed by atoms with Crippen LogP contribution in [0.2, 0.25) is 0 Å². The molecule has 0 N–H and O–H groups in total. The molecule has 0 saturated carbocycles. The van der Waals surface area contributed by atoms with Crippen LogP contribution in [-0.2, 0) is 6.42 Å². The second kappa shape index (κ2) is 4.52. The van der Waals surface area contributed by atoms with Gasteiger partial charge in [0.2, 0.25) is 0 Å². The first-order chi connectivity index (χ1) is 7.74. The predicted molar refractivity (Wildman–Crippen MR) is 70.7 cm³/mol. The maximum Gasteiger partial charge on any atom is -0.0149 e. The van der Waals surface area contributed by atoms with Crippen LogP contribution in [0.3, 0.4) is 0 Å². The monoisotopic (exact) mass is 210 g/mol. The van der Waals surface area contributed by atoms with Gasteiger partial charge in [0.15, 0.2) is 0 Å². The molecule has 0 radical (unpaired) electrons. The molecule has 0 aliphatic rings.